The molecule has 3 N–H and O–H groups in total. The number of fused-ring (bicyclic) bond motifs is 1. The number of nitrogens with one attached hydrogen (secondary N) is 1. The van der Waals surface area contributed by atoms with Gasteiger partial charge in [0, 0.05) is 17.6 Å². The second-order valence-electron chi connectivity index (χ2n) is 7.00. The summed E-state index contributed by atoms with van der Waals surface area (Å²) in [5.41, 5.74) is 8.01. The first-order valence-corrected chi connectivity index (χ1v) is 7.94. The summed E-state index contributed by atoms with van der Waals surface area (Å²) in [6.45, 7) is 10.7. The van der Waals surface area contributed by atoms with Gasteiger partial charge in [-0.3, -0.25) is 4.79 Å². The molecule has 1 amide bonds. The molecule has 0 aliphatic heterocycles. The molecule has 0 spiro atoms. The van der Waals surface area contributed by atoms with Gasteiger partial charge in [-0.2, -0.15) is 0 Å². The molecule has 0 unspecified atom stereocenters. The van der Waals surface area contributed by atoms with Gasteiger partial charge >= 0.3 is 0 Å². The van der Waals surface area contributed by atoms with Crippen LogP contribution in [0, 0.1) is 17.8 Å². The van der Waals surface area contributed by atoms with Crippen molar-refractivity contribution in [3.8, 4) is 0 Å². The number of amides is 1. The van der Waals surface area contributed by atoms with Crippen LogP contribution in [0.1, 0.15) is 42.9 Å². The lowest BCUT2D eigenvalue weighted by Crippen LogP contribution is -2.29. The smallest absolute Gasteiger partial charge is 0.263 e. The zero-order chi connectivity index (χ0) is 15.6. The Labute approximate surface area is 128 Å². The number of aryl methyl sites for hydroxylation is 1. The Bertz CT molecular complexity index is 731. The number of aromatic nitrogens is 1. The maximum absolute atomic E-state index is 12.6. The van der Waals surface area contributed by atoms with Gasteiger partial charge < -0.3 is 11.1 Å². The Morgan fingerprint density at radius 3 is 2.48 bits per heavy atom. The number of anilines is 1. The second kappa shape index (κ2) is 4.19. The Morgan fingerprint density at radius 2 is 1.95 bits per heavy atom. The van der Waals surface area contributed by atoms with Crippen molar-refractivity contribution in [1.82, 2.24) is 10.3 Å². The van der Waals surface area contributed by atoms with Crippen molar-refractivity contribution in [2.75, 3.05) is 5.73 Å². The van der Waals surface area contributed by atoms with Gasteiger partial charge in [0.1, 0.15) is 9.71 Å². The molecule has 2 aromatic rings. The molecule has 0 atom stereocenters. The Balaban J connectivity index is 1.93. The minimum Gasteiger partial charge on any atom is -0.397 e. The molecule has 1 aliphatic rings. The molecule has 0 radical (unpaired) electrons. The van der Waals surface area contributed by atoms with Crippen molar-refractivity contribution in [2.24, 2.45) is 10.8 Å². The summed E-state index contributed by atoms with van der Waals surface area (Å²) in [4.78, 5) is 18.3. The molecule has 2 heterocycles. The van der Waals surface area contributed by atoms with Crippen LogP contribution in [0.2, 0.25) is 0 Å². The highest BCUT2D eigenvalue weighted by molar-refractivity contribution is 7.21. The maximum Gasteiger partial charge on any atom is 0.263 e. The molecule has 2 aromatic heterocycles. The summed E-state index contributed by atoms with van der Waals surface area (Å²) >= 11 is 1.37. The summed E-state index contributed by atoms with van der Waals surface area (Å²) in [6, 6.07) is 2.09. The number of nitrogen functional groups attached to an aromatic ring is 1. The van der Waals surface area contributed by atoms with Crippen molar-refractivity contribution in [2.45, 2.75) is 40.7 Å². The highest BCUT2D eigenvalue weighted by Crippen LogP contribution is 2.62. The number of rotatable bonds is 2. The van der Waals surface area contributed by atoms with Crippen LogP contribution in [0.4, 0.5) is 5.69 Å². The molecule has 1 fully saturated rings. The van der Waals surface area contributed by atoms with Gasteiger partial charge in [0.15, 0.2) is 0 Å². The molecular weight excluding hydrogens is 282 g/mol. The summed E-state index contributed by atoms with van der Waals surface area (Å²) in [5, 5.41) is 4.04. The molecule has 0 aromatic carbocycles. The number of hydrogen-bond donors (Lipinski definition) is 2. The first-order chi connectivity index (χ1) is 9.68. The fourth-order valence-electron chi connectivity index (χ4n) is 3.13. The third kappa shape index (κ3) is 1.87. The third-order valence-corrected chi connectivity index (χ3v) is 6.45. The van der Waals surface area contributed by atoms with Gasteiger partial charge in [-0.1, -0.05) is 27.7 Å². The predicted octanol–water partition coefficient (Wildman–Crippen LogP) is 3.35. The van der Waals surface area contributed by atoms with E-state index in [2.05, 4.69) is 38.0 Å². The van der Waals surface area contributed by atoms with Crippen molar-refractivity contribution in [3.63, 3.8) is 0 Å². The molecular formula is C16H21N3OS. The number of pyridine rings is 1. The van der Waals surface area contributed by atoms with Gasteiger partial charge in [-0.25, -0.2) is 4.98 Å². The molecule has 4 nitrogen and oxygen atoms in total. The largest absolute Gasteiger partial charge is 0.397 e. The SMILES string of the molecule is Cc1ccnc2sc(C(=O)NC3C(C)(C)C3(C)C)c(N)c12. The average molecular weight is 303 g/mol. The summed E-state index contributed by atoms with van der Waals surface area (Å²) in [5.74, 6) is -0.0847. The molecule has 0 bridgehead atoms. The van der Waals surface area contributed by atoms with E-state index in [9.17, 15) is 4.79 Å². The Kier molecular flexibility index (Phi) is 2.86. The number of carbonyl (C=O) groups excluding carboxylic acids is 1. The highest BCUT2D eigenvalue weighted by Gasteiger charge is 2.65. The Hall–Kier alpha value is -1.62. The summed E-state index contributed by atoms with van der Waals surface area (Å²) < 4.78 is 0. The van der Waals surface area contributed by atoms with Gasteiger partial charge in [0.25, 0.3) is 5.91 Å². The number of thiophene rings is 1. The standard InChI is InChI=1S/C16H21N3OS/c1-8-6-7-18-13-9(8)10(17)11(21-13)12(20)19-14-15(2,3)16(14,4)5/h6-7,14H,17H2,1-5H3,(H,19,20). The van der Waals surface area contributed by atoms with Gasteiger partial charge in [0.2, 0.25) is 0 Å². The lowest BCUT2D eigenvalue weighted by atomic mass is 10.0. The average Bonchev–Trinajstić information content (AvgIpc) is 2.71. The van der Waals surface area contributed by atoms with Crippen LogP contribution in [-0.4, -0.2) is 16.9 Å². The number of nitrogens with two attached hydrogens (primary N) is 1. The molecule has 112 valence electrons. The molecule has 1 saturated carbocycles. The van der Waals surface area contributed by atoms with Crippen LogP contribution in [-0.2, 0) is 0 Å². The van der Waals surface area contributed by atoms with Gasteiger partial charge in [-0.15, -0.1) is 11.3 Å². The molecule has 3 rings (SSSR count). The van der Waals surface area contributed by atoms with E-state index < -0.39 is 0 Å². The highest BCUT2D eigenvalue weighted by atomic mass is 32.1. The van der Waals surface area contributed by atoms with Gasteiger partial charge in [-0.05, 0) is 29.4 Å². The first-order valence-electron chi connectivity index (χ1n) is 7.12. The molecule has 21 heavy (non-hydrogen) atoms. The van der Waals surface area contributed by atoms with E-state index in [4.69, 9.17) is 5.73 Å². The minimum absolute atomic E-state index is 0.0847. The second-order valence-corrected chi connectivity index (χ2v) is 8.00. The minimum atomic E-state index is -0.0847. The fraction of sp³-hybridized carbons (Fsp3) is 0.500. The maximum atomic E-state index is 12.6. The van der Waals surface area contributed by atoms with Crippen LogP contribution in [0.3, 0.4) is 0 Å². The van der Waals surface area contributed by atoms with E-state index in [0.29, 0.717) is 10.6 Å². The van der Waals surface area contributed by atoms with Crippen molar-refractivity contribution >= 4 is 33.1 Å². The zero-order valence-corrected chi connectivity index (χ0v) is 13.9. The lowest BCUT2D eigenvalue weighted by Gasteiger charge is -2.06. The summed E-state index contributed by atoms with van der Waals surface area (Å²) in [6.07, 6.45) is 1.75. The summed E-state index contributed by atoms with van der Waals surface area (Å²) in [7, 11) is 0. The van der Waals surface area contributed by atoms with Crippen LogP contribution in [0.5, 0.6) is 0 Å². The van der Waals surface area contributed by atoms with E-state index in [0.717, 1.165) is 15.8 Å². The fourth-order valence-corrected chi connectivity index (χ4v) is 4.17. The van der Waals surface area contributed by atoms with E-state index in [-0.39, 0.29) is 22.8 Å². The van der Waals surface area contributed by atoms with Crippen molar-refractivity contribution in [1.29, 1.82) is 0 Å². The Morgan fingerprint density at radius 1 is 1.33 bits per heavy atom. The topological polar surface area (TPSA) is 68.0 Å². The quantitative estimate of drug-likeness (QED) is 0.894. The lowest BCUT2D eigenvalue weighted by molar-refractivity contribution is 0.0948. The number of nitrogens with zero attached hydrogens (tertiary/aromatic N) is 1. The van der Waals surface area contributed by atoms with Crippen LogP contribution in [0.15, 0.2) is 12.3 Å². The van der Waals surface area contributed by atoms with Crippen molar-refractivity contribution in [3.05, 3.63) is 22.7 Å². The van der Waals surface area contributed by atoms with Crippen LogP contribution >= 0.6 is 11.3 Å². The molecule has 0 saturated heterocycles. The number of carbonyl (C=O) groups is 1. The first kappa shape index (κ1) is 14.3. The monoisotopic (exact) mass is 303 g/mol. The number of hydrogen-bond acceptors (Lipinski definition) is 4. The van der Waals surface area contributed by atoms with Crippen LogP contribution in [0.25, 0.3) is 10.2 Å². The van der Waals surface area contributed by atoms with E-state index in [1.807, 2.05) is 13.0 Å². The van der Waals surface area contributed by atoms with E-state index >= 15 is 0 Å². The van der Waals surface area contributed by atoms with E-state index in [1.54, 1.807) is 6.20 Å². The van der Waals surface area contributed by atoms with E-state index in [1.165, 1.54) is 11.3 Å². The normalized spacial score (nSPS) is 19.7. The predicted molar refractivity (Wildman–Crippen MR) is 87.6 cm³/mol. The molecule has 1 aliphatic carbocycles. The zero-order valence-electron chi connectivity index (χ0n) is 13.1. The van der Waals surface area contributed by atoms with Gasteiger partial charge in [0.05, 0.1) is 5.69 Å². The van der Waals surface area contributed by atoms with Crippen LogP contribution < -0.4 is 11.1 Å². The molecule has 5 heteroatoms. The van der Waals surface area contributed by atoms with Crippen molar-refractivity contribution < 1.29 is 4.79 Å². The third-order valence-electron chi connectivity index (χ3n) is 5.34.